The number of rotatable bonds is 0. The Kier molecular flexibility index (Phi) is 39.0. The third-order valence-corrected chi connectivity index (χ3v) is 1.17. The van der Waals surface area contributed by atoms with Crippen LogP contribution in [0.2, 0.25) is 5.28 Å². The van der Waals surface area contributed by atoms with E-state index in [4.69, 9.17) is 45.1 Å². The van der Waals surface area contributed by atoms with Crippen LogP contribution >= 0.6 is 46.8 Å². The first-order valence-electron chi connectivity index (χ1n) is 3.91. The van der Waals surface area contributed by atoms with Crippen molar-refractivity contribution < 1.29 is 120 Å². The first-order chi connectivity index (χ1) is 9.10. The molecule has 0 heterocycles. The molecule has 0 aliphatic carbocycles. The fourth-order valence-electron chi connectivity index (χ4n) is 0. The molecule has 23 heavy (non-hydrogen) atoms. The van der Waals surface area contributed by atoms with Gasteiger partial charge in [0.25, 0.3) is 0 Å². The van der Waals surface area contributed by atoms with Crippen LogP contribution in [-0.4, -0.2) is 29.4 Å². The minimum Gasteiger partial charge on any atom is 0 e. The van der Waals surface area contributed by atoms with Crippen molar-refractivity contribution in [3.05, 3.63) is 0 Å². The van der Waals surface area contributed by atoms with Crippen molar-refractivity contribution in [1.82, 2.24) is 0 Å². The molecule has 0 aliphatic rings. The van der Waals surface area contributed by atoms with Crippen molar-refractivity contribution in [3.8, 4) is 17.4 Å². The van der Waals surface area contributed by atoms with Crippen molar-refractivity contribution in [2.75, 3.05) is 0 Å². The van der Waals surface area contributed by atoms with Crippen LogP contribution in [0.25, 0.3) is 0 Å². The van der Waals surface area contributed by atoms with Crippen molar-refractivity contribution >= 4 is 46.8 Å². The maximum Gasteiger partial charge on any atom is 0 e. The molecule has 0 amide bonds. The van der Waals surface area contributed by atoms with E-state index < -0.39 is 22.8 Å². The minimum atomic E-state index is -4.34. The van der Waals surface area contributed by atoms with Crippen molar-refractivity contribution in [2.24, 2.45) is 0 Å². The number of hydrogen-bond donors (Lipinski definition) is 6. The molecule has 1 radical (unpaired) electrons. The molecule has 0 aromatic heterocycles. The number of halogens is 1. The summed E-state index contributed by atoms with van der Waals surface area (Å²) >= 11 is 0.250. The van der Waals surface area contributed by atoms with Gasteiger partial charge in [-0.2, -0.15) is 15.8 Å². The number of nitrogens with zero attached hydrogens (tertiary/aromatic N) is 3. The topological polar surface area (TPSA) is 244 Å². The molecule has 0 spiro atoms. The summed E-state index contributed by atoms with van der Waals surface area (Å²) in [4.78, 5) is 45.5. The Bertz CT molecular complexity index is 462. The molecule has 0 unspecified atom stereocenters. The SMILES string of the molecule is N#CP(=O)(O)O.N#CP(=O)(O)O.N#CP(=O)(O)O.[CH3][Sm][CH3].[I].[Sm]. The van der Waals surface area contributed by atoms with Gasteiger partial charge < -0.3 is 29.4 Å². The van der Waals surface area contributed by atoms with E-state index >= 15 is 0 Å². The Labute approximate surface area is 201 Å². The molecule has 0 fully saturated rings. The molecular formula is C5H12IN3O9P3Sm2. The summed E-state index contributed by atoms with van der Waals surface area (Å²) in [5.41, 5.74) is 0. The Balaban J connectivity index is -0.0000000417. The van der Waals surface area contributed by atoms with Gasteiger partial charge in [-0.05, 0) is 0 Å². The molecule has 0 bridgehead atoms. The standard InChI is InChI=1S/3CH2NO3P.2CH3.I.2Sm/c3*2-1-6(3,4)5;;;;;/h3*(H2,3,4,5);2*1H3;;;. The summed E-state index contributed by atoms with van der Waals surface area (Å²) in [6, 6.07) is 0. The van der Waals surface area contributed by atoms with Crippen molar-refractivity contribution in [3.63, 3.8) is 0 Å². The van der Waals surface area contributed by atoms with Crippen molar-refractivity contribution in [2.45, 2.75) is 5.28 Å². The smallest absolute Gasteiger partial charge is 0 e. The van der Waals surface area contributed by atoms with Gasteiger partial charge in [0.05, 0.1) is 0 Å². The normalized spacial score (nSPS) is 8.74. The second-order valence-electron chi connectivity index (χ2n) is 2.34. The first-order valence-corrected chi connectivity index (χ1v) is 14.0. The maximum atomic E-state index is 9.33. The summed E-state index contributed by atoms with van der Waals surface area (Å²) in [5.74, 6) is 2.31. The van der Waals surface area contributed by atoms with Gasteiger partial charge in [0, 0.05) is 64.4 Å². The summed E-state index contributed by atoms with van der Waals surface area (Å²) in [6.07, 6.45) is 0. The summed E-state index contributed by atoms with van der Waals surface area (Å²) in [6.45, 7) is 0. The van der Waals surface area contributed by atoms with Gasteiger partial charge in [0.1, 0.15) is 0 Å². The van der Waals surface area contributed by atoms with Crippen LogP contribution in [0.1, 0.15) is 0 Å². The van der Waals surface area contributed by atoms with Crippen LogP contribution in [0.3, 0.4) is 0 Å². The predicted octanol–water partition coefficient (Wildman–Crippen LogP) is 0.989. The Morgan fingerprint density at radius 3 is 0.739 bits per heavy atom. The van der Waals surface area contributed by atoms with E-state index in [1.54, 1.807) is 0 Å². The molecular weight excluding hydrogens is 767 g/mol. The quantitative estimate of drug-likeness (QED) is 0.149. The molecule has 18 heteroatoms. The third-order valence-electron chi connectivity index (χ3n) is 0.391. The van der Waals surface area contributed by atoms with Gasteiger partial charge in [-0.1, -0.05) is 0 Å². The van der Waals surface area contributed by atoms with Gasteiger partial charge in [0.2, 0.25) is 0 Å². The first kappa shape index (κ1) is 40.1. The fourth-order valence-corrected chi connectivity index (χ4v) is 0. The van der Waals surface area contributed by atoms with Gasteiger partial charge in [-0.3, -0.25) is 0 Å². The zero-order valence-corrected chi connectivity index (χ0v) is 21.4. The molecule has 12 nitrogen and oxygen atoms in total. The van der Waals surface area contributed by atoms with E-state index in [0.29, 0.717) is 0 Å². The second-order valence-corrected chi connectivity index (χ2v) is 8.82. The number of hydrogen-bond acceptors (Lipinski definition) is 6. The molecule has 6 N–H and O–H groups in total. The Morgan fingerprint density at radius 2 is 0.739 bits per heavy atom. The van der Waals surface area contributed by atoms with E-state index in [9.17, 15) is 13.7 Å². The zero-order chi connectivity index (χ0) is 18.3. The van der Waals surface area contributed by atoms with E-state index in [1.807, 2.05) is 0 Å². The largest absolute Gasteiger partial charge is 0 e. The third kappa shape index (κ3) is 94.5. The predicted molar refractivity (Wildman–Crippen MR) is 78.7 cm³/mol. The number of nitriles is 3. The van der Waals surface area contributed by atoms with Gasteiger partial charge >= 0.3 is 64.4 Å². The van der Waals surface area contributed by atoms with E-state index in [0.717, 1.165) is 17.4 Å². The van der Waals surface area contributed by atoms with Crippen LogP contribution in [-0.2, 0) is 13.7 Å². The Morgan fingerprint density at radius 1 is 0.696 bits per heavy atom. The molecule has 135 valence electrons. The van der Waals surface area contributed by atoms with E-state index in [-0.39, 0.29) is 101 Å². The molecule has 0 saturated heterocycles. The molecule has 0 rings (SSSR count). The maximum absolute atomic E-state index is 9.33. The van der Waals surface area contributed by atoms with E-state index in [1.165, 1.54) is 0 Å². The van der Waals surface area contributed by atoms with Crippen molar-refractivity contribution in [1.29, 1.82) is 15.8 Å². The van der Waals surface area contributed by atoms with Crippen LogP contribution in [0.4, 0.5) is 0 Å². The van der Waals surface area contributed by atoms with Crippen LogP contribution in [0.5, 0.6) is 0 Å². The molecule has 0 saturated carbocycles. The molecule has 0 aromatic rings. The second kappa shape index (κ2) is 22.4. The summed E-state index contributed by atoms with van der Waals surface area (Å²) in [5, 5.41) is 22.2. The van der Waals surface area contributed by atoms with Crippen LogP contribution in [0, 0.1) is 110 Å². The van der Waals surface area contributed by atoms with Crippen LogP contribution in [0.15, 0.2) is 0 Å². The molecule has 0 aliphatic heterocycles. The molecule has 0 aromatic carbocycles. The molecule has 0 atom stereocenters. The van der Waals surface area contributed by atoms with Gasteiger partial charge in [-0.25, -0.2) is 13.7 Å². The van der Waals surface area contributed by atoms with Gasteiger partial charge in [-0.15, -0.1) is 0 Å². The fraction of sp³-hybridized carbons (Fsp3) is 0.400. The average molecular weight is 779 g/mol. The monoisotopic (exact) mass is 782 g/mol. The van der Waals surface area contributed by atoms with E-state index in [2.05, 4.69) is 5.28 Å². The average Bonchev–Trinajstić information content (AvgIpc) is 2.29. The Hall–Kier alpha value is 2.33. The van der Waals surface area contributed by atoms with Gasteiger partial charge in [0.15, 0.2) is 17.4 Å². The van der Waals surface area contributed by atoms with Crippen LogP contribution < -0.4 is 0 Å². The minimum absolute atomic E-state index is 0. The summed E-state index contributed by atoms with van der Waals surface area (Å²) in [7, 11) is -13.0. The summed E-state index contributed by atoms with van der Waals surface area (Å²) < 4.78 is 32.6. The zero-order valence-electron chi connectivity index (χ0n) is 11.3.